The summed E-state index contributed by atoms with van der Waals surface area (Å²) in [6, 6.07) is 5.47. The van der Waals surface area contributed by atoms with Gasteiger partial charge in [-0.2, -0.15) is 0 Å². The van der Waals surface area contributed by atoms with Gasteiger partial charge < -0.3 is 10.8 Å². The predicted octanol–water partition coefficient (Wildman–Crippen LogP) is 2.03. The number of halogens is 1. The summed E-state index contributed by atoms with van der Waals surface area (Å²) in [5.41, 5.74) is 7.28. The maximum absolute atomic E-state index is 9.67. The van der Waals surface area contributed by atoms with Crippen molar-refractivity contribution in [3.8, 4) is 0 Å². The molecule has 1 aromatic rings. The van der Waals surface area contributed by atoms with E-state index in [1.165, 1.54) is 0 Å². The first-order chi connectivity index (χ1) is 6.15. The van der Waals surface area contributed by atoms with E-state index in [1.54, 1.807) is 6.07 Å². The fourth-order valence-electron chi connectivity index (χ4n) is 1.33. The first-order valence-corrected chi connectivity index (χ1v) is 4.67. The summed E-state index contributed by atoms with van der Waals surface area (Å²) in [7, 11) is 0. The van der Waals surface area contributed by atoms with Crippen LogP contribution in [0.15, 0.2) is 18.2 Å². The average molecular weight is 200 g/mol. The zero-order chi connectivity index (χ0) is 9.84. The summed E-state index contributed by atoms with van der Waals surface area (Å²) in [5.74, 6) is 0. The number of hydrogen-bond donors (Lipinski definition) is 2. The van der Waals surface area contributed by atoms with Crippen molar-refractivity contribution in [1.29, 1.82) is 0 Å². The highest BCUT2D eigenvalue weighted by atomic mass is 35.5. The van der Waals surface area contributed by atoms with Gasteiger partial charge in [-0.1, -0.05) is 17.7 Å². The highest BCUT2D eigenvalue weighted by molar-refractivity contribution is 6.30. The van der Waals surface area contributed by atoms with Gasteiger partial charge in [0.05, 0.1) is 6.10 Å². The van der Waals surface area contributed by atoms with Gasteiger partial charge in [0.1, 0.15) is 0 Å². The Morgan fingerprint density at radius 3 is 2.77 bits per heavy atom. The first-order valence-electron chi connectivity index (χ1n) is 4.29. The molecule has 1 aromatic carbocycles. The summed E-state index contributed by atoms with van der Waals surface area (Å²) < 4.78 is 0. The quantitative estimate of drug-likeness (QED) is 0.783. The minimum atomic E-state index is -0.470. The summed E-state index contributed by atoms with van der Waals surface area (Å²) in [6.45, 7) is 2.42. The molecule has 0 saturated carbocycles. The minimum Gasteiger partial charge on any atom is -0.388 e. The molecule has 0 spiro atoms. The Kier molecular flexibility index (Phi) is 3.72. The summed E-state index contributed by atoms with van der Waals surface area (Å²) >= 11 is 5.79. The lowest BCUT2D eigenvalue weighted by atomic mass is 10.0. The van der Waals surface area contributed by atoms with Gasteiger partial charge >= 0.3 is 0 Å². The monoisotopic (exact) mass is 199 g/mol. The standard InChI is InChI=1S/C10H14ClNO/c1-7-6-8(11)2-3-9(7)10(13)4-5-12/h2-3,6,10,13H,4-5,12H2,1H3. The fourth-order valence-corrected chi connectivity index (χ4v) is 1.55. The number of hydrogen-bond acceptors (Lipinski definition) is 2. The van der Waals surface area contributed by atoms with Crippen LogP contribution < -0.4 is 5.73 Å². The second-order valence-electron chi connectivity index (χ2n) is 3.09. The largest absolute Gasteiger partial charge is 0.388 e. The molecule has 0 aliphatic rings. The summed E-state index contributed by atoms with van der Waals surface area (Å²) in [5, 5.41) is 10.4. The molecule has 1 atom stereocenters. The average Bonchev–Trinajstić information content (AvgIpc) is 2.04. The molecular formula is C10H14ClNO. The number of aliphatic hydroxyl groups excluding tert-OH is 1. The van der Waals surface area contributed by atoms with Crippen LogP contribution in [0.2, 0.25) is 5.02 Å². The van der Waals surface area contributed by atoms with Crippen molar-refractivity contribution in [2.75, 3.05) is 6.54 Å². The molecular weight excluding hydrogens is 186 g/mol. The van der Waals surface area contributed by atoms with Crippen LogP contribution in [-0.4, -0.2) is 11.7 Å². The molecule has 0 aromatic heterocycles. The van der Waals surface area contributed by atoms with E-state index < -0.39 is 6.10 Å². The van der Waals surface area contributed by atoms with Crippen LogP contribution >= 0.6 is 11.6 Å². The van der Waals surface area contributed by atoms with E-state index in [4.69, 9.17) is 17.3 Å². The summed E-state index contributed by atoms with van der Waals surface area (Å²) in [6.07, 6.45) is 0.116. The molecule has 0 aliphatic carbocycles. The molecule has 3 heteroatoms. The SMILES string of the molecule is Cc1cc(Cl)ccc1C(O)CCN. The zero-order valence-electron chi connectivity index (χ0n) is 7.63. The molecule has 0 heterocycles. The topological polar surface area (TPSA) is 46.2 Å². The lowest BCUT2D eigenvalue weighted by Gasteiger charge is -2.12. The molecule has 0 radical (unpaired) electrons. The molecule has 0 fully saturated rings. The van der Waals surface area contributed by atoms with Crippen LogP contribution in [0.5, 0.6) is 0 Å². The number of nitrogens with two attached hydrogens (primary N) is 1. The number of aliphatic hydroxyl groups is 1. The zero-order valence-corrected chi connectivity index (χ0v) is 8.38. The van der Waals surface area contributed by atoms with E-state index in [0.29, 0.717) is 18.0 Å². The molecule has 72 valence electrons. The lowest BCUT2D eigenvalue weighted by Crippen LogP contribution is -2.07. The third-order valence-electron chi connectivity index (χ3n) is 2.03. The molecule has 13 heavy (non-hydrogen) atoms. The molecule has 3 N–H and O–H groups in total. The third kappa shape index (κ3) is 2.69. The maximum Gasteiger partial charge on any atom is 0.0804 e. The normalized spacial score (nSPS) is 12.9. The maximum atomic E-state index is 9.67. The highest BCUT2D eigenvalue weighted by Crippen LogP contribution is 2.22. The molecule has 0 saturated heterocycles. The Morgan fingerprint density at radius 2 is 2.23 bits per heavy atom. The van der Waals surface area contributed by atoms with Crippen molar-refractivity contribution in [1.82, 2.24) is 0 Å². The molecule has 0 amide bonds. The smallest absolute Gasteiger partial charge is 0.0804 e. The van der Waals surface area contributed by atoms with Crippen LogP contribution in [0, 0.1) is 6.92 Å². The Morgan fingerprint density at radius 1 is 1.54 bits per heavy atom. The Hall–Kier alpha value is -0.570. The van der Waals surface area contributed by atoms with Gasteiger partial charge in [-0.05, 0) is 43.1 Å². The molecule has 1 unspecified atom stereocenters. The van der Waals surface area contributed by atoms with Crippen molar-refractivity contribution < 1.29 is 5.11 Å². The van der Waals surface area contributed by atoms with Crippen molar-refractivity contribution in [3.63, 3.8) is 0 Å². The van der Waals surface area contributed by atoms with Gasteiger partial charge in [0.2, 0.25) is 0 Å². The van der Waals surface area contributed by atoms with Crippen molar-refractivity contribution >= 4 is 11.6 Å². The van der Waals surface area contributed by atoms with Crippen molar-refractivity contribution in [3.05, 3.63) is 34.3 Å². The van der Waals surface area contributed by atoms with Crippen LogP contribution in [0.1, 0.15) is 23.7 Å². The van der Waals surface area contributed by atoms with Crippen LogP contribution in [0.25, 0.3) is 0 Å². The highest BCUT2D eigenvalue weighted by Gasteiger charge is 2.08. The molecule has 0 bridgehead atoms. The van der Waals surface area contributed by atoms with Gasteiger partial charge in [0.15, 0.2) is 0 Å². The van der Waals surface area contributed by atoms with Crippen LogP contribution in [-0.2, 0) is 0 Å². The Bertz CT molecular complexity index is 288. The molecule has 1 rings (SSSR count). The van der Waals surface area contributed by atoms with Gasteiger partial charge in [-0.3, -0.25) is 0 Å². The molecule has 2 nitrogen and oxygen atoms in total. The Balaban J connectivity index is 2.88. The molecule has 0 aliphatic heterocycles. The van der Waals surface area contributed by atoms with Crippen molar-refractivity contribution in [2.24, 2.45) is 5.73 Å². The third-order valence-corrected chi connectivity index (χ3v) is 2.27. The minimum absolute atomic E-state index is 0.470. The number of benzene rings is 1. The van der Waals surface area contributed by atoms with E-state index >= 15 is 0 Å². The summed E-state index contributed by atoms with van der Waals surface area (Å²) in [4.78, 5) is 0. The van der Waals surface area contributed by atoms with E-state index in [2.05, 4.69) is 0 Å². The number of aryl methyl sites for hydroxylation is 1. The lowest BCUT2D eigenvalue weighted by molar-refractivity contribution is 0.169. The predicted molar refractivity (Wildman–Crippen MR) is 54.8 cm³/mol. The first kappa shape index (κ1) is 10.5. The van der Waals surface area contributed by atoms with E-state index in [-0.39, 0.29) is 0 Å². The van der Waals surface area contributed by atoms with E-state index in [1.807, 2.05) is 19.1 Å². The van der Waals surface area contributed by atoms with Gasteiger partial charge in [-0.25, -0.2) is 0 Å². The number of rotatable bonds is 3. The fraction of sp³-hybridized carbons (Fsp3) is 0.400. The van der Waals surface area contributed by atoms with Crippen LogP contribution in [0.4, 0.5) is 0 Å². The van der Waals surface area contributed by atoms with Crippen molar-refractivity contribution in [2.45, 2.75) is 19.4 Å². The second-order valence-corrected chi connectivity index (χ2v) is 3.53. The van der Waals surface area contributed by atoms with E-state index in [9.17, 15) is 5.11 Å². The van der Waals surface area contributed by atoms with Gasteiger partial charge in [-0.15, -0.1) is 0 Å². The van der Waals surface area contributed by atoms with E-state index in [0.717, 1.165) is 11.1 Å². The van der Waals surface area contributed by atoms with Gasteiger partial charge in [0, 0.05) is 5.02 Å². The van der Waals surface area contributed by atoms with Gasteiger partial charge in [0.25, 0.3) is 0 Å². The Labute approximate surface area is 83.3 Å². The van der Waals surface area contributed by atoms with Crippen LogP contribution in [0.3, 0.4) is 0 Å². The second kappa shape index (κ2) is 4.61.